The second kappa shape index (κ2) is 9.15. The number of amides is 1. The van der Waals surface area contributed by atoms with Crippen LogP contribution < -0.4 is 10.1 Å². The summed E-state index contributed by atoms with van der Waals surface area (Å²) in [5.74, 6) is -0.418. The maximum atomic E-state index is 12.9. The molecule has 1 N–H and O–H groups in total. The van der Waals surface area contributed by atoms with Crippen LogP contribution in [0, 0.1) is 5.82 Å². The Morgan fingerprint density at radius 2 is 1.85 bits per heavy atom. The van der Waals surface area contributed by atoms with Crippen molar-refractivity contribution >= 4 is 11.6 Å². The molecule has 0 aliphatic rings. The monoisotopic (exact) mass is 459 g/mol. The zero-order chi connectivity index (χ0) is 23.4. The van der Waals surface area contributed by atoms with Crippen LogP contribution in [0.25, 0.3) is 0 Å². The first-order chi connectivity index (χ1) is 15.8. The number of nitrogens with one attached hydrogen (secondary N) is 1. The molecule has 0 unspecified atom stereocenters. The van der Waals surface area contributed by atoms with Gasteiger partial charge in [-0.05, 0) is 48.0 Å². The normalized spacial score (nSPS) is 11.4. The van der Waals surface area contributed by atoms with E-state index in [2.05, 4.69) is 15.5 Å². The van der Waals surface area contributed by atoms with Gasteiger partial charge >= 0.3 is 6.18 Å². The molecule has 0 fully saturated rings. The topological polar surface area (TPSA) is 74.0 Å². The van der Waals surface area contributed by atoms with Crippen molar-refractivity contribution in [3.8, 4) is 5.75 Å². The molecule has 2 heterocycles. The van der Waals surface area contributed by atoms with E-state index in [1.807, 2.05) is 0 Å². The Kier molecular flexibility index (Phi) is 6.11. The number of carbonyl (C=O) groups excluding carboxylic acids is 1. The zero-order valence-corrected chi connectivity index (χ0v) is 17.0. The quantitative estimate of drug-likeness (QED) is 0.411. The minimum atomic E-state index is -4.42. The number of halogens is 4. The van der Waals surface area contributed by atoms with Gasteiger partial charge in [-0.2, -0.15) is 23.4 Å². The summed E-state index contributed by atoms with van der Waals surface area (Å²) in [6, 6.07) is 11.9. The van der Waals surface area contributed by atoms with Gasteiger partial charge in [0.25, 0.3) is 5.91 Å². The average Bonchev–Trinajstić information content (AvgIpc) is 3.43. The number of benzene rings is 2. The molecular weight excluding hydrogens is 442 g/mol. The molecule has 0 aliphatic carbocycles. The summed E-state index contributed by atoms with van der Waals surface area (Å²) in [7, 11) is 0. The lowest BCUT2D eigenvalue weighted by atomic mass is 10.1. The maximum Gasteiger partial charge on any atom is 0.416 e. The Hall–Kier alpha value is -4.15. The van der Waals surface area contributed by atoms with E-state index in [1.54, 1.807) is 12.3 Å². The maximum absolute atomic E-state index is 12.9. The van der Waals surface area contributed by atoms with Crippen LogP contribution >= 0.6 is 0 Å². The van der Waals surface area contributed by atoms with Crippen molar-refractivity contribution in [1.82, 2.24) is 19.6 Å². The molecule has 4 aromatic rings. The van der Waals surface area contributed by atoms with Crippen molar-refractivity contribution in [3.63, 3.8) is 0 Å². The molecule has 33 heavy (non-hydrogen) atoms. The lowest BCUT2D eigenvalue weighted by molar-refractivity contribution is -0.137. The van der Waals surface area contributed by atoms with E-state index in [0.29, 0.717) is 17.0 Å². The van der Waals surface area contributed by atoms with Crippen LogP contribution in [0.15, 0.2) is 73.2 Å². The molecule has 2 aromatic heterocycles. The standard InChI is InChI=1S/C22H17F4N5O2/c23-17-4-6-19(7-5-17)33-14-30-9-8-20(29-30)21(32)28-18-11-27-31(13-18)12-15-2-1-3-16(10-15)22(24,25)26/h1-11,13H,12,14H2,(H,28,32). The van der Waals surface area contributed by atoms with E-state index in [9.17, 15) is 22.4 Å². The molecule has 0 bridgehead atoms. The third-order valence-electron chi connectivity index (χ3n) is 4.54. The number of hydrogen-bond acceptors (Lipinski definition) is 4. The number of rotatable bonds is 7. The molecule has 4 rings (SSSR count). The van der Waals surface area contributed by atoms with Crippen LogP contribution in [0.3, 0.4) is 0 Å². The first-order valence-corrected chi connectivity index (χ1v) is 9.68. The van der Waals surface area contributed by atoms with Crippen LogP contribution in [0.5, 0.6) is 5.75 Å². The molecule has 2 aromatic carbocycles. The summed E-state index contributed by atoms with van der Waals surface area (Å²) in [5.41, 5.74) is 0.179. The Morgan fingerprint density at radius 1 is 1.06 bits per heavy atom. The van der Waals surface area contributed by atoms with Crippen molar-refractivity contribution in [2.75, 3.05) is 5.32 Å². The number of aromatic nitrogens is 4. The third-order valence-corrected chi connectivity index (χ3v) is 4.54. The number of hydrogen-bond donors (Lipinski definition) is 1. The van der Waals surface area contributed by atoms with E-state index in [0.717, 1.165) is 12.1 Å². The highest BCUT2D eigenvalue weighted by atomic mass is 19.4. The third kappa shape index (κ3) is 5.76. The molecule has 0 saturated carbocycles. The van der Waals surface area contributed by atoms with Gasteiger partial charge in [-0.3, -0.25) is 9.48 Å². The summed E-state index contributed by atoms with van der Waals surface area (Å²) in [4.78, 5) is 12.4. The molecule has 0 radical (unpaired) electrons. The highest BCUT2D eigenvalue weighted by Gasteiger charge is 2.30. The van der Waals surface area contributed by atoms with Crippen molar-refractivity contribution in [3.05, 3.63) is 95.8 Å². The lowest BCUT2D eigenvalue weighted by Crippen LogP contribution is -2.14. The summed E-state index contributed by atoms with van der Waals surface area (Å²) >= 11 is 0. The molecule has 7 nitrogen and oxygen atoms in total. The van der Waals surface area contributed by atoms with Gasteiger partial charge in [0.2, 0.25) is 0 Å². The largest absolute Gasteiger partial charge is 0.471 e. The zero-order valence-electron chi connectivity index (χ0n) is 17.0. The second-order valence-corrected chi connectivity index (χ2v) is 7.05. The first-order valence-electron chi connectivity index (χ1n) is 9.68. The molecule has 0 saturated heterocycles. The average molecular weight is 459 g/mol. The number of carbonyl (C=O) groups is 1. The van der Waals surface area contributed by atoms with Gasteiger partial charge in [0.15, 0.2) is 12.4 Å². The van der Waals surface area contributed by atoms with Crippen LogP contribution in [0.1, 0.15) is 21.6 Å². The smallest absolute Gasteiger partial charge is 0.416 e. The molecule has 11 heteroatoms. The van der Waals surface area contributed by atoms with Gasteiger partial charge in [-0.1, -0.05) is 12.1 Å². The summed E-state index contributed by atoms with van der Waals surface area (Å²) in [6.07, 6.45) is 0.0230. The fraction of sp³-hybridized carbons (Fsp3) is 0.136. The fourth-order valence-corrected chi connectivity index (χ4v) is 2.97. The van der Waals surface area contributed by atoms with Gasteiger partial charge in [-0.25, -0.2) is 9.07 Å². The van der Waals surface area contributed by atoms with Gasteiger partial charge < -0.3 is 10.1 Å². The van der Waals surface area contributed by atoms with Crippen molar-refractivity contribution in [1.29, 1.82) is 0 Å². The predicted octanol–water partition coefficient (Wildman–Crippen LogP) is 4.57. The number of anilines is 1. The van der Waals surface area contributed by atoms with Crippen LogP contribution in [0.4, 0.5) is 23.2 Å². The number of ether oxygens (including phenoxy) is 1. The SMILES string of the molecule is O=C(Nc1cnn(Cc2cccc(C(F)(F)F)c2)c1)c1ccn(COc2ccc(F)cc2)n1. The minimum Gasteiger partial charge on any atom is -0.471 e. The van der Waals surface area contributed by atoms with Gasteiger partial charge in [-0.15, -0.1) is 0 Å². The lowest BCUT2D eigenvalue weighted by Gasteiger charge is -2.08. The fourth-order valence-electron chi connectivity index (χ4n) is 2.97. The van der Waals surface area contributed by atoms with Crippen molar-refractivity contribution in [2.24, 2.45) is 0 Å². The van der Waals surface area contributed by atoms with E-state index in [-0.39, 0.29) is 24.8 Å². The Bertz CT molecular complexity index is 1250. The molecule has 0 spiro atoms. The second-order valence-electron chi connectivity index (χ2n) is 7.05. The van der Waals surface area contributed by atoms with Gasteiger partial charge in [0, 0.05) is 12.4 Å². The van der Waals surface area contributed by atoms with Gasteiger partial charge in [0.05, 0.1) is 24.0 Å². The molecular formula is C22H17F4N5O2. The van der Waals surface area contributed by atoms with Crippen molar-refractivity contribution in [2.45, 2.75) is 19.5 Å². The Morgan fingerprint density at radius 3 is 2.61 bits per heavy atom. The van der Waals surface area contributed by atoms with E-state index < -0.39 is 17.6 Å². The highest BCUT2D eigenvalue weighted by molar-refractivity contribution is 6.02. The van der Waals surface area contributed by atoms with E-state index >= 15 is 0 Å². The first kappa shape index (κ1) is 22.1. The summed E-state index contributed by atoms with van der Waals surface area (Å²) in [6.45, 7) is 0.128. The number of alkyl halides is 3. The van der Waals surface area contributed by atoms with Crippen LogP contribution in [-0.2, 0) is 19.5 Å². The Balaban J connectivity index is 1.34. The van der Waals surface area contributed by atoms with Crippen LogP contribution in [0.2, 0.25) is 0 Å². The highest BCUT2D eigenvalue weighted by Crippen LogP contribution is 2.29. The summed E-state index contributed by atoms with van der Waals surface area (Å²) < 4.78 is 59.8. The predicted molar refractivity (Wildman–Crippen MR) is 110 cm³/mol. The van der Waals surface area contributed by atoms with Crippen LogP contribution in [-0.4, -0.2) is 25.5 Å². The van der Waals surface area contributed by atoms with E-state index in [1.165, 1.54) is 58.2 Å². The molecule has 0 atom stereocenters. The minimum absolute atomic E-state index is 0.0217. The van der Waals surface area contributed by atoms with Crippen molar-refractivity contribution < 1.29 is 27.1 Å². The van der Waals surface area contributed by atoms with Gasteiger partial charge in [0.1, 0.15) is 11.6 Å². The molecule has 170 valence electrons. The number of nitrogens with zero attached hydrogens (tertiary/aromatic N) is 4. The summed E-state index contributed by atoms with van der Waals surface area (Å²) in [5, 5.41) is 10.8. The Labute approximate surface area is 185 Å². The van der Waals surface area contributed by atoms with E-state index in [4.69, 9.17) is 4.74 Å². The molecule has 0 aliphatic heterocycles. The molecule has 1 amide bonds.